The molecule has 0 aliphatic heterocycles. The van der Waals surface area contributed by atoms with E-state index in [4.69, 9.17) is 16.3 Å². The summed E-state index contributed by atoms with van der Waals surface area (Å²) in [7, 11) is 0. The standard InChI is InChI=1S/C13H9ClFIO/c14-12-2-1-3-13(15)11(12)8-17-10-6-4-9(16)5-7-10/h1-7H,8H2. The van der Waals surface area contributed by atoms with Gasteiger partial charge in [0.2, 0.25) is 0 Å². The summed E-state index contributed by atoms with van der Waals surface area (Å²) in [4.78, 5) is 0. The minimum Gasteiger partial charge on any atom is -0.489 e. The minimum atomic E-state index is -0.344. The lowest BCUT2D eigenvalue weighted by molar-refractivity contribution is 0.300. The van der Waals surface area contributed by atoms with Crippen molar-refractivity contribution < 1.29 is 9.13 Å². The first kappa shape index (κ1) is 12.6. The number of rotatable bonds is 3. The van der Waals surface area contributed by atoms with Gasteiger partial charge in [0.25, 0.3) is 0 Å². The van der Waals surface area contributed by atoms with Crippen LogP contribution in [0, 0.1) is 9.39 Å². The molecule has 0 fully saturated rings. The highest BCUT2D eigenvalue weighted by atomic mass is 127. The molecular weight excluding hydrogens is 353 g/mol. The van der Waals surface area contributed by atoms with Crippen LogP contribution in [0.25, 0.3) is 0 Å². The van der Waals surface area contributed by atoms with Crippen molar-refractivity contribution in [3.05, 3.63) is 62.4 Å². The third kappa shape index (κ3) is 3.33. The molecule has 0 spiro atoms. The number of hydrogen-bond donors (Lipinski definition) is 0. The summed E-state index contributed by atoms with van der Waals surface area (Å²) in [6.07, 6.45) is 0. The van der Waals surface area contributed by atoms with Gasteiger partial charge < -0.3 is 4.74 Å². The van der Waals surface area contributed by atoms with E-state index in [0.717, 1.165) is 3.57 Å². The van der Waals surface area contributed by atoms with E-state index in [-0.39, 0.29) is 12.4 Å². The Bertz CT molecular complexity index is 493. The molecule has 0 aromatic heterocycles. The van der Waals surface area contributed by atoms with Gasteiger partial charge in [-0.3, -0.25) is 0 Å². The second-order valence-corrected chi connectivity index (χ2v) is 5.10. The molecule has 2 aromatic rings. The van der Waals surface area contributed by atoms with Gasteiger partial charge in [0.1, 0.15) is 18.2 Å². The van der Waals surface area contributed by atoms with Gasteiger partial charge in [0.05, 0.1) is 5.02 Å². The third-order valence-electron chi connectivity index (χ3n) is 2.26. The molecule has 0 aliphatic rings. The smallest absolute Gasteiger partial charge is 0.131 e. The van der Waals surface area contributed by atoms with Gasteiger partial charge in [0.15, 0.2) is 0 Å². The highest BCUT2D eigenvalue weighted by molar-refractivity contribution is 14.1. The highest BCUT2D eigenvalue weighted by Crippen LogP contribution is 2.21. The largest absolute Gasteiger partial charge is 0.489 e. The maximum atomic E-state index is 13.5. The number of benzene rings is 2. The van der Waals surface area contributed by atoms with Crippen LogP contribution in [-0.2, 0) is 6.61 Å². The Kier molecular flexibility index (Phi) is 4.23. The van der Waals surface area contributed by atoms with E-state index in [0.29, 0.717) is 16.3 Å². The van der Waals surface area contributed by atoms with Crippen molar-refractivity contribution in [3.8, 4) is 5.75 Å². The van der Waals surface area contributed by atoms with E-state index < -0.39 is 0 Å². The molecule has 17 heavy (non-hydrogen) atoms. The van der Waals surface area contributed by atoms with Crippen LogP contribution < -0.4 is 4.74 Å². The van der Waals surface area contributed by atoms with Crippen LogP contribution in [0.5, 0.6) is 5.75 Å². The summed E-state index contributed by atoms with van der Waals surface area (Å²) >= 11 is 8.11. The minimum absolute atomic E-state index is 0.131. The molecule has 0 bridgehead atoms. The van der Waals surface area contributed by atoms with E-state index in [1.54, 1.807) is 12.1 Å². The zero-order valence-corrected chi connectivity index (χ0v) is 11.7. The Hall–Kier alpha value is -0.810. The second kappa shape index (κ2) is 5.69. The second-order valence-electron chi connectivity index (χ2n) is 3.44. The normalized spacial score (nSPS) is 10.3. The fraction of sp³-hybridized carbons (Fsp3) is 0.0769. The molecular formula is C13H9ClFIO. The summed E-state index contributed by atoms with van der Waals surface area (Å²) in [6.45, 7) is 0.131. The summed E-state index contributed by atoms with van der Waals surface area (Å²) in [5.74, 6) is 0.354. The highest BCUT2D eigenvalue weighted by Gasteiger charge is 2.07. The lowest BCUT2D eigenvalue weighted by Gasteiger charge is -2.08. The average molecular weight is 363 g/mol. The van der Waals surface area contributed by atoms with E-state index in [2.05, 4.69) is 22.6 Å². The molecule has 4 heteroatoms. The number of halogens is 3. The lowest BCUT2D eigenvalue weighted by atomic mass is 10.2. The maximum Gasteiger partial charge on any atom is 0.131 e. The summed E-state index contributed by atoms with van der Waals surface area (Å²) in [5, 5.41) is 0.385. The van der Waals surface area contributed by atoms with Crippen molar-refractivity contribution >= 4 is 34.2 Å². The molecule has 2 aromatic carbocycles. The van der Waals surface area contributed by atoms with Crippen molar-refractivity contribution in [1.29, 1.82) is 0 Å². The fourth-order valence-electron chi connectivity index (χ4n) is 1.36. The Morgan fingerprint density at radius 2 is 1.82 bits per heavy atom. The zero-order valence-electron chi connectivity index (χ0n) is 8.79. The molecule has 0 unspecified atom stereocenters. The Labute approximate surface area is 118 Å². The number of ether oxygens (including phenoxy) is 1. The van der Waals surface area contributed by atoms with Crippen molar-refractivity contribution in [2.75, 3.05) is 0 Å². The fourth-order valence-corrected chi connectivity index (χ4v) is 1.93. The van der Waals surface area contributed by atoms with Gasteiger partial charge in [-0.25, -0.2) is 4.39 Å². The summed E-state index contributed by atoms with van der Waals surface area (Å²) < 4.78 is 20.1. The van der Waals surface area contributed by atoms with Gasteiger partial charge >= 0.3 is 0 Å². The Balaban J connectivity index is 2.10. The molecule has 1 nitrogen and oxygen atoms in total. The quantitative estimate of drug-likeness (QED) is 0.722. The average Bonchev–Trinajstić information content (AvgIpc) is 2.31. The SMILES string of the molecule is Fc1cccc(Cl)c1COc1ccc(I)cc1. The van der Waals surface area contributed by atoms with E-state index in [1.165, 1.54) is 6.07 Å². The molecule has 88 valence electrons. The first-order valence-electron chi connectivity index (χ1n) is 4.98. The van der Waals surface area contributed by atoms with Crippen LogP contribution in [0.3, 0.4) is 0 Å². The Morgan fingerprint density at radius 3 is 2.47 bits per heavy atom. The van der Waals surface area contributed by atoms with E-state index in [1.807, 2.05) is 24.3 Å². The molecule has 0 saturated carbocycles. The molecule has 0 amide bonds. The van der Waals surface area contributed by atoms with Crippen LogP contribution in [0.1, 0.15) is 5.56 Å². The maximum absolute atomic E-state index is 13.5. The molecule has 0 N–H and O–H groups in total. The van der Waals surface area contributed by atoms with Gasteiger partial charge in [-0.15, -0.1) is 0 Å². The van der Waals surface area contributed by atoms with Crippen LogP contribution in [0.4, 0.5) is 4.39 Å². The van der Waals surface area contributed by atoms with Crippen molar-refractivity contribution in [1.82, 2.24) is 0 Å². The Morgan fingerprint density at radius 1 is 1.12 bits per heavy atom. The first-order chi connectivity index (χ1) is 8.16. The summed E-state index contributed by atoms with van der Waals surface area (Å²) in [5.41, 5.74) is 0.382. The molecule has 0 saturated heterocycles. The van der Waals surface area contributed by atoms with E-state index >= 15 is 0 Å². The van der Waals surface area contributed by atoms with Gasteiger partial charge in [-0.05, 0) is 59.0 Å². The van der Waals surface area contributed by atoms with E-state index in [9.17, 15) is 4.39 Å². The molecule has 0 radical (unpaired) electrons. The molecule has 0 aliphatic carbocycles. The monoisotopic (exact) mass is 362 g/mol. The molecule has 2 rings (SSSR count). The third-order valence-corrected chi connectivity index (χ3v) is 3.33. The lowest BCUT2D eigenvalue weighted by Crippen LogP contribution is -1.99. The summed E-state index contributed by atoms with van der Waals surface area (Å²) in [6, 6.07) is 12.1. The van der Waals surface area contributed by atoms with Gasteiger partial charge in [0, 0.05) is 9.13 Å². The van der Waals surface area contributed by atoms with Crippen molar-refractivity contribution in [2.24, 2.45) is 0 Å². The van der Waals surface area contributed by atoms with Crippen LogP contribution >= 0.6 is 34.2 Å². The van der Waals surface area contributed by atoms with Crippen molar-refractivity contribution in [2.45, 2.75) is 6.61 Å². The van der Waals surface area contributed by atoms with Crippen LogP contribution in [0.15, 0.2) is 42.5 Å². The number of hydrogen-bond acceptors (Lipinski definition) is 1. The topological polar surface area (TPSA) is 9.23 Å². The predicted molar refractivity (Wildman–Crippen MR) is 74.9 cm³/mol. The van der Waals surface area contributed by atoms with Crippen LogP contribution in [-0.4, -0.2) is 0 Å². The van der Waals surface area contributed by atoms with Gasteiger partial charge in [-0.1, -0.05) is 17.7 Å². The molecule has 0 heterocycles. The van der Waals surface area contributed by atoms with Crippen LogP contribution in [0.2, 0.25) is 5.02 Å². The predicted octanol–water partition coefficient (Wildman–Crippen LogP) is 4.66. The van der Waals surface area contributed by atoms with Gasteiger partial charge in [-0.2, -0.15) is 0 Å². The first-order valence-corrected chi connectivity index (χ1v) is 6.44. The zero-order chi connectivity index (χ0) is 12.3. The van der Waals surface area contributed by atoms with Crippen molar-refractivity contribution in [3.63, 3.8) is 0 Å². The molecule has 0 atom stereocenters.